The maximum absolute atomic E-state index is 11.0. The largest absolute Gasteiger partial charge is 0.493 e. The van der Waals surface area contributed by atoms with Gasteiger partial charge in [0.2, 0.25) is 0 Å². The number of nitriles is 1. The van der Waals surface area contributed by atoms with Crippen LogP contribution in [0.5, 0.6) is 5.75 Å². The topological polar surface area (TPSA) is 83.2 Å². The number of hydrogen-bond donors (Lipinski definition) is 1. The molecular formula is C15H12N2O3S. The van der Waals surface area contributed by atoms with Gasteiger partial charge in [-0.1, -0.05) is 0 Å². The van der Waals surface area contributed by atoms with Gasteiger partial charge in [-0.15, -0.1) is 11.8 Å². The van der Waals surface area contributed by atoms with Gasteiger partial charge in [-0.05, 0) is 36.4 Å². The number of thioether (sulfide) groups is 1. The minimum atomic E-state index is -0.987. The molecule has 0 radical (unpaired) electrons. The third-order valence-electron chi connectivity index (χ3n) is 2.58. The minimum absolute atomic E-state index is 0.195. The number of hydrogen-bond acceptors (Lipinski definition) is 5. The average molecular weight is 300 g/mol. The Morgan fingerprint density at radius 3 is 2.76 bits per heavy atom. The number of benzene rings is 1. The fraction of sp³-hybridized carbons (Fsp3) is 0.133. The highest BCUT2D eigenvalue weighted by Crippen LogP contribution is 2.20. The van der Waals surface area contributed by atoms with Crippen LogP contribution in [-0.4, -0.2) is 28.4 Å². The molecule has 0 saturated heterocycles. The molecule has 0 spiro atoms. The van der Waals surface area contributed by atoms with Crippen LogP contribution in [0.3, 0.4) is 0 Å². The Kier molecular flexibility index (Phi) is 5.18. The Morgan fingerprint density at radius 1 is 1.33 bits per heavy atom. The van der Waals surface area contributed by atoms with E-state index < -0.39 is 5.97 Å². The maximum Gasteiger partial charge on any atom is 0.338 e. The first-order valence-electron chi connectivity index (χ1n) is 6.15. The predicted molar refractivity (Wildman–Crippen MR) is 78.6 cm³/mol. The molecule has 2 aromatic rings. The Morgan fingerprint density at radius 2 is 2.10 bits per heavy atom. The van der Waals surface area contributed by atoms with Crippen LogP contribution < -0.4 is 4.74 Å². The van der Waals surface area contributed by atoms with E-state index in [1.165, 1.54) is 17.8 Å². The molecule has 0 unspecified atom stereocenters. The fourth-order valence-electron chi connectivity index (χ4n) is 1.59. The lowest BCUT2D eigenvalue weighted by molar-refractivity contribution is 0.0692. The Balaban J connectivity index is 1.85. The number of aromatic carboxylic acids is 1. The van der Waals surface area contributed by atoms with E-state index in [9.17, 15) is 4.79 Å². The zero-order chi connectivity index (χ0) is 15.1. The minimum Gasteiger partial charge on any atom is -0.493 e. The molecule has 1 aromatic carbocycles. The van der Waals surface area contributed by atoms with Crippen LogP contribution in [0.4, 0.5) is 0 Å². The zero-order valence-corrected chi connectivity index (χ0v) is 11.8. The van der Waals surface area contributed by atoms with Crippen molar-refractivity contribution >= 4 is 17.7 Å². The maximum atomic E-state index is 11.0. The third kappa shape index (κ3) is 4.23. The molecular weight excluding hydrogens is 288 g/mol. The second-order valence-electron chi connectivity index (χ2n) is 3.99. The summed E-state index contributed by atoms with van der Waals surface area (Å²) >= 11 is 1.33. The summed E-state index contributed by atoms with van der Waals surface area (Å²) in [6.07, 6.45) is 1.57. The van der Waals surface area contributed by atoms with Crippen LogP contribution in [-0.2, 0) is 0 Å². The highest BCUT2D eigenvalue weighted by atomic mass is 32.2. The lowest BCUT2D eigenvalue weighted by atomic mass is 10.2. The molecule has 0 fully saturated rings. The SMILES string of the molecule is N#Cc1ccc(OCCSc2ncccc2C(=O)O)cc1. The van der Waals surface area contributed by atoms with Gasteiger partial charge in [-0.3, -0.25) is 0 Å². The van der Waals surface area contributed by atoms with E-state index >= 15 is 0 Å². The Labute approximate surface area is 126 Å². The number of nitrogens with zero attached hydrogens (tertiary/aromatic N) is 2. The van der Waals surface area contributed by atoms with Crippen molar-refractivity contribution in [2.75, 3.05) is 12.4 Å². The first-order chi connectivity index (χ1) is 10.2. The summed E-state index contributed by atoms with van der Waals surface area (Å²) in [6, 6.07) is 12.0. The summed E-state index contributed by atoms with van der Waals surface area (Å²) in [5, 5.41) is 18.2. The van der Waals surface area contributed by atoms with E-state index in [2.05, 4.69) is 4.98 Å². The van der Waals surface area contributed by atoms with Crippen molar-refractivity contribution in [3.05, 3.63) is 53.7 Å². The van der Waals surface area contributed by atoms with E-state index in [1.807, 2.05) is 6.07 Å². The Hall–Kier alpha value is -2.52. The monoisotopic (exact) mass is 300 g/mol. The van der Waals surface area contributed by atoms with Crippen LogP contribution in [0.25, 0.3) is 0 Å². The van der Waals surface area contributed by atoms with Crippen molar-refractivity contribution in [2.24, 2.45) is 0 Å². The van der Waals surface area contributed by atoms with Gasteiger partial charge in [0.15, 0.2) is 0 Å². The van der Waals surface area contributed by atoms with Crippen molar-refractivity contribution in [1.29, 1.82) is 5.26 Å². The summed E-state index contributed by atoms with van der Waals surface area (Å²) < 4.78 is 5.52. The molecule has 21 heavy (non-hydrogen) atoms. The zero-order valence-electron chi connectivity index (χ0n) is 11.0. The molecule has 0 saturated carbocycles. The van der Waals surface area contributed by atoms with Crippen molar-refractivity contribution in [1.82, 2.24) is 4.98 Å². The van der Waals surface area contributed by atoms with Crippen molar-refractivity contribution < 1.29 is 14.6 Å². The molecule has 0 amide bonds. The number of carboxylic acids is 1. The highest BCUT2D eigenvalue weighted by molar-refractivity contribution is 7.99. The van der Waals surface area contributed by atoms with E-state index in [0.29, 0.717) is 28.7 Å². The molecule has 106 valence electrons. The van der Waals surface area contributed by atoms with Crippen LogP contribution in [0, 0.1) is 11.3 Å². The summed E-state index contributed by atoms with van der Waals surface area (Å²) in [6.45, 7) is 0.423. The number of carbonyl (C=O) groups is 1. The molecule has 0 aliphatic rings. The molecule has 0 aliphatic heterocycles. The molecule has 1 heterocycles. The highest BCUT2D eigenvalue weighted by Gasteiger charge is 2.10. The molecule has 0 bridgehead atoms. The fourth-order valence-corrected chi connectivity index (χ4v) is 2.40. The molecule has 0 aliphatic carbocycles. The van der Waals surface area contributed by atoms with Gasteiger partial charge in [0.25, 0.3) is 0 Å². The first-order valence-corrected chi connectivity index (χ1v) is 7.13. The number of aromatic nitrogens is 1. The van der Waals surface area contributed by atoms with Gasteiger partial charge in [-0.2, -0.15) is 5.26 Å². The third-order valence-corrected chi connectivity index (χ3v) is 3.55. The number of ether oxygens (including phenoxy) is 1. The van der Waals surface area contributed by atoms with E-state index in [1.54, 1.807) is 36.5 Å². The standard InChI is InChI=1S/C15H12N2O3S/c16-10-11-3-5-12(6-4-11)20-8-9-21-14-13(15(18)19)2-1-7-17-14/h1-7H,8-9H2,(H,18,19). The van der Waals surface area contributed by atoms with Gasteiger partial charge in [0, 0.05) is 11.9 Å². The number of carboxylic acid groups (broad SMARTS) is 1. The first kappa shape index (κ1) is 14.9. The lowest BCUT2D eigenvalue weighted by Gasteiger charge is -2.07. The number of rotatable bonds is 6. The van der Waals surface area contributed by atoms with Crippen LogP contribution in [0.15, 0.2) is 47.6 Å². The van der Waals surface area contributed by atoms with E-state index in [-0.39, 0.29) is 5.56 Å². The van der Waals surface area contributed by atoms with Crippen LogP contribution in [0.1, 0.15) is 15.9 Å². The molecule has 1 N–H and O–H groups in total. The summed E-state index contributed by atoms with van der Waals surface area (Å²) in [7, 11) is 0. The summed E-state index contributed by atoms with van der Waals surface area (Å²) in [5.74, 6) is 0.268. The van der Waals surface area contributed by atoms with Gasteiger partial charge < -0.3 is 9.84 Å². The van der Waals surface area contributed by atoms with Gasteiger partial charge in [0.05, 0.1) is 23.8 Å². The smallest absolute Gasteiger partial charge is 0.338 e. The van der Waals surface area contributed by atoms with Crippen molar-refractivity contribution in [2.45, 2.75) is 5.03 Å². The average Bonchev–Trinajstić information content (AvgIpc) is 2.52. The van der Waals surface area contributed by atoms with Crippen molar-refractivity contribution in [3.8, 4) is 11.8 Å². The number of pyridine rings is 1. The van der Waals surface area contributed by atoms with Gasteiger partial charge >= 0.3 is 5.97 Å². The summed E-state index contributed by atoms with van der Waals surface area (Å²) in [4.78, 5) is 15.1. The van der Waals surface area contributed by atoms with Crippen LogP contribution >= 0.6 is 11.8 Å². The predicted octanol–water partition coefficient (Wildman–Crippen LogP) is 2.82. The molecule has 2 rings (SSSR count). The van der Waals surface area contributed by atoms with E-state index in [0.717, 1.165) is 0 Å². The molecule has 5 nitrogen and oxygen atoms in total. The van der Waals surface area contributed by atoms with Gasteiger partial charge in [0.1, 0.15) is 10.8 Å². The lowest BCUT2D eigenvalue weighted by Crippen LogP contribution is -2.04. The normalized spacial score (nSPS) is 9.86. The Bertz CT molecular complexity index is 665. The van der Waals surface area contributed by atoms with Crippen LogP contribution in [0.2, 0.25) is 0 Å². The summed E-state index contributed by atoms with van der Waals surface area (Å²) in [5.41, 5.74) is 0.775. The van der Waals surface area contributed by atoms with E-state index in [4.69, 9.17) is 15.1 Å². The molecule has 0 atom stereocenters. The van der Waals surface area contributed by atoms with Gasteiger partial charge in [-0.25, -0.2) is 9.78 Å². The second-order valence-corrected chi connectivity index (χ2v) is 5.08. The quantitative estimate of drug-likeness (QED) is 0.652. The second kappa shape index (κ2) is 7.31. The molecule has 1 aromatic heterocycles. The van der Waals surface area contributed by atoms with Crippen molar-refractivity contribution in [3.63, 3.8) is 0 Å². The molecule has 6 heteroatoms.